The van der Waals surface area contributed by atoms with E-state index in [0.717, 1.165) is 33.4 Å². The first kappa shape index (κ1) is 32.0. The summed E-state index contributed by atoms with van der Waals surface area (Å²) >= 11 is 0. The van der Waals surface area contributed by atoms with E-state index in [0.29, 0.717) is 0 Å². The van der Waals surface area contributed by atoms with Crippen molar-refractivity contribution >= 4 is 39.8 Å². The minimum atomic E-state index is 1.07. The normalized spacial score (nSPS) is 10.8. The molecule has 48 heavy (non-hydrogen) atoms. The maximum Gasteiger partial charge on any atom is -0.00204 e. The highest BCUT2D eigenvalue weighted by atomic mass is 14.2. The Bertz CT molecular complexity index is 2290. The van der Waals surface area contributed by atoms with Crippen LogP contribution in [0.3, 0.4) is 0 Å². The number of rotatable bonds is 6. The second kappa shape index (κ2) is 15.1. The molecule has 0 nitrogen and oxygen atoms in total. The Hall–Kier alpha value is -5.98. The quantitative estimate of drug-likeness (QED) is 0.175. The van der Waals surface area contributed by atoms with Crippen molar-refractivity contribution in [1.82, 2.24) is 0 Å². The van der Waals surface area contributed by atoms with Gasteiger partial charge in [-0.15, -0.1) is 0 Å². The van der Waals surface area contributed by atoms with Gasteiger partial charge in [-0.2, -0.15) is 0 Å². The van der Waals surface area contributed by atoms with Gasteiger partial charge in [-0.3, -0.25) is 0 Å². The Labute approximate surface area is 285 Å². The molecule has 0 spiro atoms. The molecule has 0 bridgehead atoms. The standard InChI is InChI=1S/C48H40/c1-5-21-36-22-12-8-11-15-26-40(34-35(36)4)37-23-13-9-10-14-25-39(33-32-37)47-41(6-2)42(7-3)48(46-30-19-18-29-45(46)47)44-31-20-27-38-24-16-17-28-43(38)44/h5-34H,2-3H2,1,4H3. The zero-order valence-corrected chi connectivity index (χ0v) is 27.7. The van der Waals surface area contributed by atoms with Crippen molar-refractivity contribution in [3.8, 4) is 33.4 Å². The minimum absolute atomic E-state index is 1.07. The Kier molecular flexibility index (Phi) is 10.0. The van der Waals surface area contributed by atoms with Gasteiger partial charge in [0.1, 0.15) is 0 Å². The number of fused-ring (bicyclic) bond motifs is 2. The summed E-state index contributed by atoms with van der Waals surface area (Å²) in [5.41, 5.74) is 11.4. The number of benzene rings is 4. The molecule has 0 radical (unpaired) electrons. The monoisotopic (exact) mass is 616 g/mol. The SMILES string of the molecule is C=Cc1c(C=C)c(-c2cccc3ccccc23)c2ccccc2c1-c1ccccccc(-c2ccccccc(C=CC)c(C)c2)cc1. The van der Waals surface area contributed by atoms with Gasteiger partial charge in [-0.25, -0.2) is 0 Å². The van der Waals surface area contributed by atoms with Gasteiger partial charge < -0.3 is 0 Å². The first-order valence-corrected chi connectivity index (χ1v) is 16.5. The average molecular weight is 617 g/mol. The lowest BCUT2D eigenvalue weighted by molar-refractivity contribution is 1.46. The highest BCUT2D eigenvalue weighted by molar-refractivity contribution is 6.14. The zero-order chi connectivity index (χ0) is 33.3. The molecule has 0 aliphatic carbocycles. The van der Waals surface area contributed by atoms with Crippen LogP contribution in [0.5, 0.6) is 0 Å². The molecule has 0 heteroatoms. The van der Waals surface area contributed by atoms with Crippen LogP contribution in [0.2, 0.25) is 0 Å². The molecule has 0 amide bonds. The van der Waals surface area contributed by atoms with Gasteiger partial charge in [0.25, 0.3) is 0 Å². The van der Waals surface area contributed by atoms with E-state index in [4.69, 9.17) is 0 Å². The van der Waals surface area contributed by atoms with Crippen LogP contribution in [0.15, 0.2) is 177 Å². The summed E-state index contributed by atoms with van der Waals surface area (Å²) in [4.78, 5) is 0. The highest BCUT2D eigenvalue weighted by Gasteiger charge is 2.19. The van der Waals surface area contributed by atoms with E-state index in [1.54, 1.807) is 0 Å². The third-order valence-electron chi connectivity index (χ3n) is 8.77. The third kappa shape index (κ3) is 6.61. The van der Waals surface area contributed by atoms with Gasteiger partial charge in [0, 0.05) is 0 Å². The van der Waals surface area contributed by atoms with Crippen LogP contribution in [0, 0.1) is 6.92 Å². The van der Waals surface area contributed by atoms with Gasteiger partial charge in [-0.05, 0) is 91.0 Å². The van der Waals surface area contributed by atoms with E-state index < -0.39 is 0 Å². The van der Waals surface area contributed by atoms with Crippen LogP contribution in [0.1, 0.15) is 29.2 Å². The van der Waals surface area contributed by atoms with Crippen molar-refractivity contribution in [1.29, 1.82) is 0 Å². The number of hydrogen-bond donors (Lipinski definition) is 0. The van der Waals surface area contributed by atoms with Crippen LogP contribution in [-0.4, -0.2) is 0 Å². The van der Waals surface area contributed by atoms with Crippen molar-refractivity contribution in [3.63, 3.8) is 0 Å². The molecule has 6 aromatic carbocycles. The van der Waals surface area contributed by atoms with Gasteiger partial charge in [0.05, 0.1) is 0 Å². The molecule has 0 saturated heterocycles. The first-order valence-electron chi connectivity index (χ1n) is 16.5. The lowest BCUT2D eigenvalue weighted by atomic mass is 9.82. The number of aryl methyl sites for hydroxylation is 1. The maximum atomic E-state index is 4.35. The smallest absolute Gasteiger partial charge is 0.00204 e. The topological polar surface area (TPSA) is 0 Å². The summed E-state index contributed by atoms with van der Waals surface area (Å²) in [6.45, 7) is 12.9. The van der Waals surface area contributed by atoms with Gasteiger partial charge in [-0.1, -0.05) is 195 Å². The minimum Gasteiger partial charge on any atom is -0.0984 e. The third-order valence-corrected chi connectivity index (χ3v) is 8.77. The van der Waals surface area contributed by atoms with Crippen molar-refractivity contribution in [2.75, 3.05) is 0 Å². The van der Waals surface area contributed by atoms with Crippen LogP contribution >= 0.6 is 0 Å². The molecule has 0 atom stereocenters. The van der Waals surface area contributed by atoms with E-state index >= 15 is 0 Å². The number of allylic oxidation sites excluding steroid dienone is 1. The number of hydrogen-bond acceptors (Lipinski definition) is 0. The zero-order valence-electron chi connectivity index (χ0n) is 27.7. The predicted molar refractivity (Wildman–Crippen MR) is 213 cm³/mol. The summed E-state index contributed by atoms with van der Waals surface area (Å²) < 4.78 is 0. The molecule has 0 saturated carbocycles. The van der Waals surface area contributed by atoms with Crippen molar-refractivity contribution < 1.29 is 0 Å². The van der Waals surface area contributed by atoms with E-state index in [-0.39, 0.29) is 0 Å². The highest BCUT2D eigenvalue weighted by Crippen LogP contribution is 2.44. The fraction of sp³-hybridized carbons (Fsp3) is 0.0417. The van der Waals surface area contributed by atoms with Crippen molar-refractivity contribution in [2.24, 2.45) is 0 Å². The fourth-order valence-electron chi connectivity index (χ4n) is 6.53. The molecular formula is C48H40. The van der Waals surface area contributed by atoms with Crippen molar-refractivity contribution in [3.05, 3.63) is 199 Å². The Morgan fingerprint density at radius 3 is 1.67 bits per heavy atom. The molecule has 0 N–H and O–H groups in total. The summed E-state index contributed by atoms with van der Waals surface area (Å²) in [6, 6.07) is 56.0. The van der Waals surface area contributed by atoms with Crippen LogP contribution in [-0.2, 0) is 0 Å². The van der Waals surface area contributed by atoms with Gasteiger partial charge >= 0.3 is 0 Å². The van der Waals surface area contributed by atoms with Gasteiger partial charge in [0.15, 0.2) is 0 Å². The molecule has 0 fully saturated rings. The van der Waals surface area contributed by atoms with E-state index in [9.17, 15) is 0 Å². The summed E-state index contributed by atoms with van der Waals surface area (Å²) in [6.07, 6.45) is 8.22. The molecule has 6 aromatic rings. The second-order valence-electron chi connectivity index (χ2n) is 11.7. The molecular weight excluding hydrogens is 577 g/mol. The molecule has 0 aliphatic rings. The van der Waals surface area contributed by atoms with Crippen LogP contribution in [0.4, 0.5) is 0 Å². The summed E-state index contributed by atoms with van der Waals surface area (Å²) in [5.74, 6) is 0. The Morgan fingerprint density at radius 1 is 0.458 bits per heavy atom. The van der Waals surface area contributed by atoms with Crippen LogP contribution in [0.25, 0.3) is 73.2 Å². The second-order valence-corrected chi connectivity index (χ2v) is 11.7. The molecule has 0 heterocycles. The molecule has 0 unspecified atom stereocenters. The van der Waals surface area contributed by atoms with Crippen molar-refractivity contribution in [2.45, 2.75) is 13.8 Å². The molecule has 0 aliphatic heterocycles. The average Bonchev–Trinajstić information content (AvgIpc) is 3.12. The van der Waals surface area contributed by atoms with E-state index in [1.165, 1.54) is 43.8 Å². The Balaban J connectivity index is 1.67. The molecule has 232 valence electrons. The summed E-state index contributed by atoms with van der Waals surface area (Å²) in [7, 11) is 0. The van der Waals surface area contributed by atoms with E-state index in [1.807, 2.05) is 12.2 Å². The van der Waals surface area contributed by atoms with Gasteiger partial charge in [0.2, 0.25) is 0 Å². The Morgan fingerprint density at radius 2 is 0.979 bits per heavy atom. The lowest BCUT2D eigenvalue weighted by Gasteiger charge is -2.21. The van der Waals surface area contributed by atoms with Crippen LogP contribution < -0.4 is 0 Å². The largest absolute Gasteiger partial charge is 0.0984 e. The fourth-order valence-corrected chi connectivity index (χ4v) is 6.53. The lowest BCUT2D eigenvalue weighted by Crippen LogP contribution is -1.96. The maximum absolute atomic E-state index is 4.35. The molecule has 6 rings (SSSR count). The summed E-state index contributed by atoms with van der Waals surface area (Å²) in [5, 5.41) is 4.79. The predicted octanol–water partition coefficient (Wildman–Crippen LogP) is 13.9. The molecule has 0 aromatic heterocycles. The van der Waals surface area contributed by atoms with E-state index in [2.05, 4.69) is 197 Å². The first-order chi connectivity index (χ1) is 23.6.